The molecule has 1 aliphatic rings. The van der Waals surface area contributed by atoms with E-state index in [2.05, 4.69) is 35.8 Å². The summed E-state index contributed by atoms with van der Waals surface area (Å²) in [5.41, 5.74) is 1.24. The fourth-order valence-corrected chi connectivity index (χ4v) is 3.25. The number of benzene rings is 1. The van der Waals surface area contributed by atoms with Crippen molar-refractivity contribution < 1.29 is 9.47 Å². The first-order chi connectivity index (χ1) is 8.60. The van der Waals surface area contributed by atoms with Crippen molar-refractivity contribution in [1.82, 2.24) is 0 Å². The van der Waals surface area contributed by atoms with Crippen molar-refractivity contribution in [3.63, 3.8) is 0 Å². The molecule has 0 unspecified atom stereocenters. The summed E-state index contributed by atoms with van der Waals surface area (Å²) in [5, 5.41) is 0. The van der Waals surface area contributed by atoms with Crippen molar-refractivity contribution in [2.45, 2.75) is 32.8 Å². The summed E-state index contributed by atoms with van der Waals surface area (Å²) in [6, 6.07) is 6.11. The van der Waals surface area contributed by atoms with Crippen molar-refractivity contribution in [3.05, 3.63) is 28.2 Å². The van der Waals surface area contributed by atoms with E-state index in [1.807, 2.05) is 12.1 Å². The van der Waals surface area contributed by atoms with Crippen molar-refractivity contribution in [2.24, 2.45) is 11.8 Å². The first-order valence-corrected chi connectivity index (χ1v) is 7.34. The maximum absolute atomic E-state index is 5.94. The minimum absolute atomic E-state index is 0.231. The molecule has 1 aromatic carbocycles. The van der Waals surface area contributed by atoms with Gasteiger partial charge in [-0.25, -0.2) is 0 Å². The summed E-state index contributed by atoms with van der Waals surface area (Å²) >= 11 is 3.61. The van der Waals surface area contributed by atoms with E-state index in [9.17, 15) is 0 Å². The van der Waals surface area contributed by atoms with Crippen LogP contribution in [0.25, 0.3) is 0 Å². The van der Waals surface area contributed by atoms with E-state index >= 15 is 0 Å². The van der Waals surface area contributed by atoms with E-state index in [-0.39, 0.29) is 6.10 Å². The van der Waals surface area contributed by atoms with Gasteiger partial charge in [0.25, 0.3) is 0 Å². The molecule has 3 heteroatoms. The molecule has 1 aromatic rings. The molecule has 1 saturated heterocycles. The highest BCUT2D eigenvalue weighted by Gasteiger charge is 2.28. The highest BCUT2D eigenvalue weighted by atomic mass is 79.9. The van der Waals surface area contributed by atoms with Gasteiger partial charge >= 0.3 is 0 Å². The molecule has 1 aliphatic heterocycles. The summed E-state index contributed by atoms with van der Waals surface area (Å²) in [6.45, 7) is 5.44. The van der Waals surface area contributed by atoms with Gasteiger partial charge in [0.15, 0.2) is 0 Å². The molecule has 0 aromatic heterocycles. The third-order valence-electron chi connectivity index (χ3n) is 3.44. The molecule has 0 radical (unpaired) electrons. The molecule has 0 bridgehead atoms. The lowest BCUT2D eigenvalue weighted by Gasteiger charge is -2.13. The summed E-state index contributed by atoms with van der Waals surface area (Å²) < 4.78 is 12.2. The molecular weight excluding hydrogens is 292 g/mol. The molecule has 1 fully saturated rings. The van der Waals surface area contributed by atoms with Crippen LogP contribution in [0.1, 0.15) is 38.4 Å². The molecule has 0 aliphatic carbocycles. The van der Waals surface area contributed by atoms with Crippen LogP contribution < -0.4 is 4.74 Å². The molecular formula is C15H21BrO2. The van der Waals surface area contributed by atoms with Crippen molar-refractivity contribution in [1.29, 1.82) is 0 Å². The first kappa shape index (κ1) is 13.9. The van der Waals surface area contributed by atoms with Crippen LogP contribution in [0.15, 0.2) is 22.7 Å². The fourth-order valence-electron chi connectivity index (χ4n) is 2.63. The Morgan fingerprint density at radius 1 is 1.44 bits per heavy atom. The predicted octanol–water partition coefficient (Wildman–Crippen LogP) is 4.58. The van der Waals surface area contributed by atoms with Gasteiger partial charge in [-0.15, -0.1) is 0 Å². The number of ether oxygens (including phenoxy) is 2. The quantitative estimate of drug-likeness (QED) is 0.810. The van der Waals surface area contributed by atoms with E-state index in [1.165, 1.54) is 12.0 Å². The van der Waals surface area contributed by atoms with Crippen LogP contribution in [0.5, 0.6) is 5.75 Å². The van der Waals surface area contributed by atoms with Gasteiger partial charge in [0.2, 0.25) is 0 Å². The van der Waals surface area contributed by atoms with Crippen molar-refractivity contribution in [3.8, 4) is 5.75 Å². The normalized spacial score (nSPS) is 23.6. The zero-order chi connectivity index (χ0) is 13.1. The third kappa shape index (κ3) is 3.27. The highest BCUT2D eigenvalue weighted by Crippen LogP contribution is 2.39. The predicted molar refractivity (Wildman–Crippen MR) is 76.9 cm³/mol. The fraction of sp³-hybridized carbons (Fsp3) is 0.600. The van der Waals surface area contributed by atoms with Gasteiger partial charge in [0.05, 0.1) is 19.8 Å². The number of halogens is 1. The summed E-state index contributed by atoms with van der Waals surface area (Å²) in [6.07, 6.45) is 2.61. The van der Waals surface area contributed by atoms with Gasteiger partial charge < -0.3 is 9.47 Å². The Morgan fingerprint density at radius 2 is 2.22 bits per heavy atom. The van der Waals surface area contributed by atoms with E-state index in [0.717, 1.165) is 29.2 Å². The Bertz CT molecular complexity index is 403. The van der Waals surface area contributed by atoms with E-state index in [4.69, 9.17) is 9.47 Å². The summed E-state index contributed by atoms with van der Waals surface area (Å²) in [4.78, 5) is 0. The molecule has 0 spiro atoms. The molecule has 2 nitrogen and oxygen atoms in total. The Morgan fingerprint density at radius 3 is 2.83 bits per heavy atom. The number of hydrogen-bond donors (Lipinski definition) is 0. The van der Waals surface area contributed by atoms with Gasteiger partial charge in [-0.2, -0.15) is 0 Å². The minimum Gasteiger partial charge on any atom is -0.497 e. The van der Waals surface area contributed by atoms with Crippen molar-refractivity contribution in [2.75, 3.05) is 13.7 Å². The van der Waals surface area contributed by atoms with Gasteiger partial charge in [0, 0.05) is 4.47 Å². The van der Waals surface area contributed by atoms with Crippen LogP contribution >= 0.6 is 15.9 Å². The topological polar surface area (TPSA) is 18.5 Å². The number of methoxy groups -OCH3 is 1. The van der Waals surface area contributed by atoms with Gasteiger partial charge in [-0.1, -0.05) is 35.8 Å². The van der Waals surface area contributed by atoms with Crippen LogP contribution in [0.2, 0.25) is 0 Å². The van der Waals surface area contributed by atoms with Crippen LogP contribution in [0.4, 0.5) is 0 Å². The molecule has 2 rings (SSSR count). The molecule has 0 N–H and O–H groups in total. The monoisotopic (exact) mass is 312 g/mol. The third-order valence-corrected chi connectivity index (χ3v) is 4.13. The molecule has 18 heavy (non-hydrogen) atoms. The number of rotatable bonds is 4. The average Bonchev–Trinajstić information content (AvgIpc) is 2.76. The largest absolute Gasteiger partial charge is 0.497 e. The maximum atomic E-state index is 5.94. The molecule has 0 amide bonds. The lowest BCUT2D eigenvalue weighted by molar-refractivity contribution is 0.105. The van der Waals surface area contributed by atoms with E-state index in [1.54, 1.807) is 7.11 Å². The summed E-state index contributed by atoms with van der Waals surface area (Å²) in [7, 11) is 1.69. The Balaban J connectivity index is 2.05. The molecule has 2 atom stereocenters. The van der Waals surface area contributed by atoms with Crippen LogP contribution in [0.3, 0.4) is 0 Å². The average molecular weight is 313 g/mol. The molecule has 0 saturated carbocycles. The first-order valence-electron chi connectivity index (χ1n) is 6.55. The maximum Gasteiger partial charge on any atom is 0.120 e. The Labute approximate surface area is 118 Å². The van der Waals surface area contributed by atoms with E-state index < -0.39 is 0 Å². The molecule has 100 valence electrons. The second-order valence-electron chi connectivity index (χ2n) is 5.44. The Kier molecular flexibility index (Phi) is 4.68. The van der Waals surface area contributed by atoms with Gasteiger partial charge in [-0.05, 0) is 42.4 Å². The lowest BCUT2D eigenvalue weighted by Crippen LogP contribution is -2.03. The van der Waals surface area contributed by atoms with Crippen LogP contribution in [0, 0.1) is 11.8 Å². The standard InChI is InChI=1S/C15H21BrO2/c1-10(2)6-11-7-15(18-9-11)13-5-4-12(17-3)8-14(13)16/h4-5,8,10-11,15H,6-7,9H2,1-3H3/t11-,15+/m1/s1. The van der Waals surface area contributed by atoms with Crippen LogP contribution in [-0.2, 0) is 4.74 Å². The summed E-state index contributed by atoms with van der Waals surface area (Å²) in [5.74, 6) is 2.32. The Hall–Kier alpha value is -0.540. The van der Waals surface area contributed by atoms with Gasteiger partial charge in [-0.3, -0.25) is 0 Å². The van der Waals surface area contributed by atoms with Gasteiger partial charge in [0.1, 0.15) is 5.75 Å². The number of hydrogen-bond acceptors (Lipinski definition) is 2. The van der Waals surface area contributed by atoms with E-state index in [0.29, 0.717) is 5.92 Å². The second kappa shape index (κ2) is 6.07. The minimum atomic E-state index is 0.231. The zero-order valence-electron chi connectivity index (χ0n) is 11.3. The zero-order valence-corrected chi connectivity index (χ0v) is 12.9. The lowest BCUT2D eigenvalue weighted by atomic mass is 9.93. The molecule has 1 heterocycles. The second-order valence-corrected chi connectivity index (χ2v) is 6.30. The highest BCUT2D eigenvalue weighted by molar-refractivity contribution is 9.10. The SMILES string of the molecule is COc1ccc([C@@H]2C[C@@H](CC(C)C)CO2)c(Br)c1. The van der Waals surface area contributed by atoms with Crippen LogP contribution in [-0.4, -0.2) is 13.7 Å². The smallest absolute Gasteiger partial charge is 0.120 e. The van der Waals surface area contributed by atoms with Crippen molar-refractivity contribution >= 4 is 15.9 Å².